The topological polar surface area (TPSA) is 104 Å². The highest BCUT2D eigenvalue weighted by atomic mass is 32.2. The summed E-state index contributed by atoms with van der Waals surface area (Å²) >= 11 is 0. The predicted octanol–water partition coefficient (Wildman–Crippen LogP) is -1.72. The molecule has 0 radical (unpaired) electrons. The van der Waals surface area contributed by atoms with Gasteiger partial charge in [-0.2, -0.15) is 0 Å². The molecule has 1 atom stereocenters. The Balaban J connectivity index is 2.06. The van der Waals surface area contributed by atoms with Crippen molar-refractivity contribution in [3.05, 3.63) is 29.8 Å². The SMILES string of the molecule is O=C(NC1CCS(=O)(=O)C1)c1cccc(B(O)O)c1. The summed E-state index contributed by atoms with van der Waals surface area (Å²) in [5.41, 5.74) is 0.488. The molecule has 1 aromatic rings. The lowest BCUT2D eigenvalue weighted by atomic mass is 9.79. The van der Waals surface area contributed by atoms with Crippen LogP contribution in [0, 0.1) is 0 Å². The lowest BCUT2D eigenvalue weighted by molar-refractivity contribution is 0.0941. The third-order valence-corrected chi connectivity index (χ3v) is 4.78. The molecule has 0 saturated carbocycles. The van der Waals surface area contributed by atoms with Crippen LogP contribution in [0.1, 0.15) is 16.8 Å². The average Bonchev–Trinajstić information content (AvgIpc) is 2.68. The van der Waals surface area contributed by atoms with E-state index in [1.54, 1.807) is 0 Å². The van der Waals surface area contributed by atoms with E-state index in [0.717, 1.165) is 0 Å². The van der Waals surface area contributed by atoms with E-state index in [4.69, 9.17) is 10.0 Å². The molecule has 2 rings (SSSR count). The number of carbonyl (C=O) groups excluding carboxylic acids is 1. The zero-order valence-electron chi connectivity index (χ0n) is 10.1. The Morgan fingerprint density at radius 2 is 2.11 bits per heavy atom. The highest BCUT2D eigenvalue weighted by Gasteiger charge is 2.29. The van der Waals surface area contributed by atoms with E-state index < -0.39 is 22.9 Å². The van der Waals surface area contributed by atoms with Gasteiger partial charge >= 0.3 is 7.12 Å². The van der Waals surface area contributed by atoms with Crippen molar-refractivity contribution < 1.29 is 23.3 Å². The summed E-state index contributed by atoms with van der Waals surface area (Å²) in [6.07, 6.45) is 0.413. The lowest BCUT2D eigenvalue weighted by Crippen LogP contribution is -2.37. The highest BCUT2D eigenvalue weighted by molar-refractivity contribution is 7.91. The normalized spacial score (nSPS) is 21.1. The van der Waals surface area contributed by atoms with E-state index in [2.05, 4.69) is 5.32 Å². The first-order valence-corrected chi connectivity index (χ1v) is 7.67. The second kappa shape index (κ2) is 5.32. The molecular weight excluding hydrogens is 269 g/mol. The van der Waals surface area contributed by atoms with Crippen LogP contribution < -0.4 is 10.8 Å². The van der Waals surface area contributed by atoms with Crippen LogP contribution in [0.3, 0.4) is 0 Å². The van der Waals surface area contributed by atoms with Gasteiger partial charge < -0.3 is 15.4 Å². The van der Waals surface area contributed by atoms with Gasteiger partial charge in [-0.15, -0.1) is 0 Å². The van der Waals surface area contributed by atoms with Crippen molar-refractivity contribution in [2.75, 3.05) is 11.5 Å². The Hall–Kier alpha value is -1.38. The second-order valence-electron chi connectivity index (χ2n) is 4.57. The Morgan fingerprint density at radius 3 is 2.68 bits per heavy atom. The fourth-order valence-corrected chi connectivity index (χ4v) is 3.69. The first-order valence-electron chi connectivity index (χ1n) is 5.85. The van der Waals surface area contributed by atoms with Crippen molar-refractivity contribution >= 4 is 28.3 Å². The van der Waals surface area contributed by atoms with E-state index in [1.165, 1.54) is 24.3 Å². The maximum atomic E-state index is 11.9. The number of carbonyl (C=O) groups is 1. The molecule has 3 N–H and O–H groups in total. The number of benzene rings is 1. The molecule has 19 heavy (non-hydrogen) atoms. The van der Waals surface area contributed by atoms with Gasteiger partial charge in [0.05, 0.1) is 11.5 Å². The average molecular weight is 283 g/mol. The molecule has 1 fully saturated rings. The van der Waals surface area contributed by atoms with Crippen molar-refractivity contribution in [3.8, 4) is 0 Å². The van der Waals surface area contributed by atoms with Gasteiger partial charge in [-0.05, 0) is 24.0 Å². The van der Waals surface area contributed by atoms with Crippen LogP contribution in [-0.2, 0) is 9.84 Å². The van der Waals surface area contributed by atoms with Crippen LogP contribution in [0.2, 0.25) is 0 Å². The zero-order chi connectivity index (χ0) is 14.0. The molecular formula is C11H14BNO5S. The maximum Gasteiger partial charge on any atom is 0.488 e. The van der Waals surface area contributed by atoms with Gasteiger partial charge in [-0.3, -0.25) is 4.79 Å². The Kier molecular flexibility index (Phi) is 3.93. The summed E-state index contributed by atoms with van der Waals surface area (Å²) in [6.45, 7) is 0. The number of hydrogen-bond donors (Lipinski definition) is 3. The molecule has 1 aliphatic rings. The maximum absolute atomic E-state index is 11.9. The van der Waals surface area contributed by atoms with Crippen molar-refractivity contribution in [1.29, 1.82) is 0 Å². The summed E-state index contributed by atoms with van der Waals surface area (Å²) in [4.78, 5) is 11.9. The van der Waals surface area contributed by atoms with Crippen LogP contribution in [0.15, 0.2) is 24.3 Å². The smallest absolute Gasteiger partial charge is 0.423 e. The third-order valence-electron chi connectivity index (χ3n) is 3.01. The fourth-order valence-electron chi connectivity index (χ4n) is 2.02. The van der Waals surface area contributed by atoms with Crippen LogP contribution in [0.25, 0.3) is 0 Å². The minimum Gasteiger partial charge on any atom is -0.423 e. The van der Waals surface area contributed by atoms with Crippen molar-refractivity contribution in [3.63, 3.8) is 0 Å². The minimum absolute atomic E-state index is 0.0406. The first kappa shape index (κ1) is 14.0. The van der Waals surface area contributed by atoms with Crippen LogP contribution in [0.5, 0.6) is 0 Å². The molecule has 1 amide bonds. The number of sulfone groups is 1. The number of hydrogen-bond acceptors (Lipinski definition) is 5. The minimum atomic E-state index is -3.04. The monoisotopic (exact) mass is 283 g/mol. The summed E-state index contributed by atoms with van der Waals surface area (Å²) in [7, 11) is -4.68. The molecule has 8 heteroatoms. The molecule has 1 saturated heterocycles. The molecule has 0 aliphatic carbocycles. The number of rotatable bonds is 3. The Labute approximate surface area is 111 Å². The number of amides is 1. The quantitative estimate of drug-likeness (QED) is 0.573. The Bertz CT molecular complexity index is 587. The van der Waals surface area contributed by atoms with Crippen LogP contribution >= 0.6 is 0 Å². The standard InChI is InChI=1S/C11H14BNO5S/c14-11(13-10-4-5-19(17,18)7-10)8-2-1-3-9(6-8)12(15)16/h1-3,6,10,15-16H,4-5,7H2,(H,13,14). The molecule has 0 spiro atoms. The summed E-state index contributed by atoms with van der Waals surface area (Å²) < 4.78 is 22.6. The van der Waals surface area contributed by atoms with Crippen LogP contribution in [-0.4, -0.2) is 49.0 Å². The number of nitrogens with one attached hydrogen (secondary N) is 1. The van der Waals surface area contributed by atoms with Crippen molar-refractivity contribution in [2.45, 2.75) is 12.5 Å². The fraction of sp³-hybridized carbons (Fsp3) is 0.364. The Morgan fingerprint density at radius 1 is 1.37 bits per heavy atom. The lowest BCUT2D eigenvalue weighted by Gasteiger charge is -2.11. The predicted molar refractivity (Wildman–Crippen MR) is 70.8 cm³/mol. The molecule has 1 heterocycles. The van der Waals surface area contributed by atoms with E-state index in [1.807, 2.05) is 0 Å². The van der Waals surface area contributed by atoms with Crippen molar-refractivity contribution in [2.24, 2.45) is 0 Å². The van der Waals surface area contributed by atoms with Gasteiger partial charge in [0.2, 0.25) is 0 Å². The molecule has 0 bridgehead atoms. The van der Waals surface area contributed by atoms with Gasteiger partial charge in [0.15, 0.2) is 9.84 Å². The molecule has 1 aromatic carbocycles. The largest absolute Gasteiger partial charge is 0.488 e. The van der Waals surface area contributed by atoms with Gasteiger partial charge in [0.1, 0.15) is 0 Å². The van der Waals surface area contributed by atoms with E-state index in [0.29, 0.717) is 6.42 Å². The zero-order valence-corrected chi connectivity index (χ0v) is 10.9. The third kappa shape index (κ3) is 3.56. The molecule has 1 aliphatic heterocycles. The van der Waals surface area contributed by atoms with Gasteiger partial charge in [-0.25, -0.2) is 8.42 Å². The van der Waals surface area contributed by atoms with E-state index in [-0.39, 0.29) is 28.6 Å². The van der Waals surface area contributed by atoms with Crippen LogP contribution in [0.4, 0.5) is 0 Å². The molecule has 6 nitrogen and oxygen atoms in total. The van der Waals surface area contributed by atoms with E-state index in [9.17, 15) is 13.2 Å². The molecule has 1 unspecified atom stereocenters. The van der Waals surface area contributed by atoms with E-state index >= 15 is 0 Å². The van der Waals surface area contributed by atoms with Gasteiger partial charge in [-0.1, -0.05) is 12.1 Å². The van der Waals surface area contributed by atoms with Gasteiger partial charge in [0, 0.05) is 11.6 Å². The molecule has 102 valence electrons. The highest BCUT2D eigenvalue weighted by Crippen LogP contribution is 2.12. The first-order chi connectivity index (χ1) is 8.87. The molecule has 0 aromatic heterocycles. The van der Waals surface area contributed by atoms with Crippen molar-refractivity contribution in [1.82, 2.24) is 5.32 Å². The summed E-state index contributed by atoms with van der Waals surface area (Å²) in [5, 5.41) is 20.7. The second-order valence-corrected chi connectivity index (χ2v) is 6.80. The summed E-state index contributed by atoms with van der Waals surface area (Å²) in [5.74, 6) is -0.362. The van der Waals surface area contributed by atoms with Gasteiger partial charge in [0.25, 0.3) is 5.91 Å². The summed E-state index contributed by atoms with van der Waals surface area (Å²) in [6, 6.07) is 5.55.